The third-order valence-corrected chi connectivity index (χ3v) is 5.06. The lowest BCUT2D eigenvalue weighted by atomic mass is 10.1. The molecule has 0 spiro atoms. The molecule has 1 amide bonds. The van der Waals surface area contributed by atoms with Gasteiger partial charge in [0.1, 0.15) is 12.7 Å². The van der Waals surface area contributed by atoms with E-state index in [0.717, 1.165) is 22.9 Å². The Hall–Kier alpha value is -3.17. The van der Waals surface area contributed by atoms with Gasteiger partial charge in [0.15, 0.2) is 0 Å². The highest BCUT2D eigenvalue weighted by molar-refractivity contribution is 7.99. The highest BCUT2D eigenvalue weighted by Gasteiger charge is 2.14. The van der Waals surface area contributed by atoms with Gasteiger partial charge in [-0.1, -0.05) is 41.6 Å². The zero-order valence-electron chi connectivity index (χ0n) is 15.2. The molecule has 0 aliphatic heterocycles. The van der Waals surface area contributed by atoms with Crippen LogP contribution in [0.4, 0.5) is 5.69 Å². The Bertz CT molecular complexity index is 1150. The number of carbonyl (C=O) groups excluding carboxylic acids is 1. The Morgan fingerprint density at radius 3 is 2.90 bits per heavy atom. The molecular weight excluding hydrogens is 412 g/mol. The number of anilines is 1. The van der Waals surface area contributed by atoms with Crippen molar-refractivity contribution in [2.45, 2.75) is 12.1 Å². The molecule has 4 aromatic rings. The first-order valence-corrected chi connectivity index (χ1v) is 9.93. The van der Waals surface area contributed by atoms with E-state index >= 15 is 0 Å². The summed E-state index contributed by atoms with van der Waals surface area (Å²) in [5.74, 6) is 0.280. The number of carbonyl (C=O) groups is 1. The number of amides is 1. The molecule has 0 saturated carbocycles. The Labute approximate surface area is 175 Å². The molecule has 29 heavy (non-hydrogen) atoms. The molecular formula is C19H15ClN6O2S. The number of aryl methyl sites for hydroxylation is 1. The van der Waals surface area contributed by atoms with Crippen LogP contribution in [-0.2, 0) is 4.79 Å². The van der Waals surface area contributed by atoms with E-state index in [1.165, 1.54) is 6.33 Å². The summed E-state index contributed by atoms with van der Waals surface area (Å²) in [5.41, 5.74) is 3.09. The summed E-state index contributed by atoms with van der Waals surface area (Å²) in [6.45, 7) is 1.97. The molecule has 2 aromatic carbocycles. The minimum atomic E-state index is -0.241. The van der Waals surface area contributed by atoms with Crippen LogP contribution in [0.1, 0.15) is 5.56 Å². The summed E-state index contributed by atoms with van der Waals surface area (Å²) in [4.78, 5) is 16.4. The zero-order valence-corrected chi connectivity index (χ0v) is 16.8. The molecule has 2 aromatic heterocycles. The van der Waals surface area contributed by atoms with Gasteiger partial charge in [-0.2, -0.15) is 5.10 Å². The number of thioether (sulfide) groups is 1. The minimum absolute atomic E-state index is 0.0959. The quantitative estimate of drug-likeness (QED) is 0.465. The van der Waals surface area contributed by atoms with Crippen LogP contribution in [0.2, 0.25) is 5.02 Å². The number of hydrogen-bond donors (Lipinski definition) is 1. The highest BCUT2D eigenvalue weighted by Crippen LogP contribution is 2.27. The number of nitrogens with one attached hydrogen (secondary N) is 1. The second-order valence-corrected chi connectivity index (χ2v) is 7.39. The maximum atomic E-state index is 12.4. The van der Waals surface area contributed by atoms with Crippen molar-refractivity contribution in [1.82, 2.24) is 25.0 Å². The Morgan fingerprint density at radius 1 is 1.24 bits per heavy atom. The van der Waals surface area contributed by atoms with E-state index in [-0.39, 0.29) is 11.7 Å². The van der Waals surface area contributed by atoms with Gasteiger partial charge in [-0.05, 0) is 36.8 Å². The van der Waals surface area contributed by atoms with Crippen LogP contribution in [0.3, 0.4) is 0 Å². The maximum absolute atomic E-state index is 12.4. The fourth-order valence-electron chi connectivity index (χ4n) is 2.64. The number of aromatic nitrogens is 5. The van der Waals surface area contributed by atoms with Crippen molar-refractivity contribution < 1.29 is 9.21 Å². The monoisotopic (exact) mass is 426 g/mol. The van der Waals surface area contributed by atoms with Crippen molar-refractivity contribution in [2.24, 2.45) is 0 Å². The molecule has 0 bridgehead atoms. The normalized spacial score (nSPS) is 10.8. The first-order valence-electron chi connectivity index (χ1n) is 8.57. The van der Waals surface area contributed by atoms with Crippen molar-refractivity contribution in [3.8, 4) is 17.1 Å². The van der Waals surface area contributed by atoms with E-state index in [1.54, 1.807) is 29.2 Å². The summed E-state index contributed by atoms with van der Waals surface area (Å²) in [7, 11) is 0. The molecule has 0 unspecified atom stereocenters. The zero-order chi connectivity index (χ0) is 20.2. The first-order chi connectivity index (χ1) is 14.1. The third-order valence-electron chi connectivity index (χ3n) is 4.01. The maximum Gasteiger partial charge on any atom is 0.277 e. The number of rotatable bonds is 6. The number of nitrogens with zero attached hydrogens (tertiary/aromatic N) is 5. The molecule has 1 N–H and O–H groups in total. The SMILES string of the molecule is Cc1ccccc1-c1nnc(SCC(=O)Nc2cc(Cl)ccc2-n2cncn2)o1. The smallest absolute Gasteiger partial charge is 0.277 e. The lowest BCUT2D eigenvalue weighted by Crippen LogP contribution is -2.16. The van der Waals surface area contributed by atoms with Crippen molar-refractivity contribution in [3.63, 3.8) is 0 Å². The predicted molar refractivity (Wildman–Crippen MR) is 110 cm³/mol. The largest absolute Gasteiger partial charge is 0.411 e. The standard InChI is InChI=1S/C19H15ClN6O2S/c1-12-4-2-3-5-14(12)18-24-25-19(28-18)29-9-17(27)23-15-8-13(20)6-7-16(15)26-11-21-10-22-26/h2-8,10-11H,9H2,1H3,(H,23,27). The van der Waals surface area contributed by atoms with Crippen LogP contribution in [0, 0.1) is 6.92 Å². The van der Waals surface area contributed by atoms with Crippen LogP contribution >= 0.6 is 23.4 Å². The minimum Gasteiger partial charge on any atom is -0.411 e. The third kappa shape index (κ3) is 4.47. The fourth-order valence-corrected chi connectivity index (χ4v) is 3.38. The van der Waals surface area contributed by atoms with E-state index in [2.05, 4.69) is 25.6 Å². The lowest BCUT2D eigenvalue weighted by molar-refractivity contribution is -0.113. The van der Waals surface area contributed by atoms with Crippen LogP contribution in [-0.4, -0.2) is 36.6 Å². The van der Waals surface area contributed by atoms with Crippen LogP contribution in [0.5, 0.6) is 0 Å². The van der Waals surface area contributed by atoms with Crippen LogP contribution in [0.25, 0.3) is 17.1 Å². The van der Waals surface area contributed by atoms with Gasteiger partial charge in [0.2, 0.25) is 11.8 Å². The van der Waals surface area contributed by atoms with E-state index in [9.17, 15) is 4.79 Å². The first kappa shape index (κ1) is 19.2. The highest BCUT2D eigenvalue weighted by atomic mass is 35.5. The van der Waals surface area contributed by atoms with Gasteiger partial charge in [-0.25, -0.2) is 9.67 Å². The number of halogens is 1. The second kappa shape index (κ2) is 8.46. The summed E-state index contributed by atoms with van der Waals surface area (Å²) in [6, 6.07) is 12.9. The van der Waals surface area contributed by atoms with Crippen molar-refractivity contribution in [1.29, 1.82) is 0 Å². The number of hydrogen-bond acceptors (Lipinski definition) is 7. The Kier molecular flexibility index (Phi) is 5.59. The van der Waals surface area contributed by atoms with E-state index in [1.807, 2.05) is 31.2 Å². The lowest BCUT2D eigenvalue weighted by Gasteiger charge is -2.10. The van der Waals surface area contributed by atoms with Gasteiger partial charge in [-0.3, -0.25) is 4.79 Å². The van der Waals surface area contributed by atoms with Crippen molar-refractivity contribution in [2.75, 3.05) is 11.1 Å². The molecule has 0 fully saturated rings. The Balaban J connectivity index is 1.43. The summed E-state index contributed by atoms with van der Waals surface area (Å²) >= 11 is 7.23. The molecule has 146 valence electrons. The van der Waals surface area contributed by atoms with Crippen LogP contribution in [0.15, 0.2) is 64.8 Å². The summed E-state index contributed by atoms with van der Waals surface area (Å²) in [6.07, 6.45) is 2.96. The Morgan fingerprint density at radius 2 is 2.10 bits per heavy atom. The average Bonchev–Trinajstić information content (AvgIpc) is 3.39. The molecule has 2 heterocycles. The fraction of sp³-hybridized carbons (Fsp3) is 0.105. The van der Waals surface area contributed by atoms with E-state index in [4.69, 9.17) is 16.0 Å². The second-order valence-electron chi connectivity index (χ2n) is 6.03. The summed E-state index contributed by atoms with van der Waals surface area (Å²) in [5, 5.41) is 15.8. The van der Waals surface area contributed by atoms with Crippen LogP contribution < -0.4 is 5.32 Å². The van der Waals surface area contributed by atoms with E-state index in [0.29, 0.717) is 27.5 Å². The van der Waals surface area contributed by atoms with Gasteiger partial charge in [0.25, 0.3) is 5.22 Å². The van der Waals surface area contributed by atoms with Gasteiger partial charge >= 0.3 is 0 Å². The molecule has 0 radical (unpaired) electrons. The molecule has 0 aliphatic carbocycles. The van der Waals surface area contributed by atoms with Crippen molar-refractivity contribution in [3.05, 3.63) is 65.7 Å². The van der Waals surface area contributed by atoms with Gasteiger partial charge in [-0.15, -0.1) is 10.2 Å². The van der Waals surface area contributed by atoms with E-state index < -0.39 is 0 Å². The number of benzene rings is 2. The molecule has 8 nitrogen and oxygen atoms in total. The molecule has 10 heteroatoms. The summed E-state index contributed by atoms with van der Waals surface area (Å²) < 4.78 is 7.22. The predicted octanol–water partition coefficient (Wildman–Crippen LogP) is 4.01. The molecule has 0 atom stereocenters. The molecule has 0 aliphatic rings. The molecule has 0 saturated heterocycles. The van der Waals surface area contributed by atoms with Gasteiger partial charge in [0.05, 0.1) is 17.1 Å². The van der Waals surface area contributed by atoms with Crippen molar-refractivity contribution >= 4 is 35.0 Å². The topological polar surface area (TPSA) is 98.7 Å². The molecule has 4 rings (SSSR count). The van der Waals surface area contributed by atoms with Gasteiger partial charge < -0.3 is 9.73 Å². The average molecular weight is 427 g/mol. The van der Waals surface area contributed by atoms with Gasteiger partial charge in [0, 0.05) is 10.6 Å².